The molecular weight excluding hydrogens is 418 g/mol. The van der Waals surface area contributed by atoms with Gasteiger partial charge in [-0.25, -0.2) is 0 Å². The molecule has 1 aromatic heterocycles. The molecule has 1 heterocycles. The Morgan fingerprint density at radius 1 is 0.818 bits per heavy atom. The minimum absolute atomic E-state index is 0.0211. The van der Waals surface area contributed by atoms with E-state index in [2.05, 4.69) is 10.6 Å². The first kappa shape index (κ1) is 22.4. The predicted octanol–water partition coefficient (Wildman–Crippen LogP) is 5.71. The van der Waals surface area contributed by atoms with Crippen LogP contribution < -0.4 is 9.47 Å². The average Bonchev–Trinajstić information content (AvgIpc) is 3.13. The Morgan fingerprint density at radius 2 is 1.52 bits per heavy atom. The molecule has 1 N–H and O–H groups in total. The number of carboxylic acid groups (broad SMARTS) is 1. The number of aliphatic carboxylic acids is 1. The van der Waals surface area contributed by atoms with E-state index in [4.69, 9.17) is 14.6 Å². The number of nitrogens with zero attached hydrogens (tertiary/aromatic N) is 1. The summed E-state index contributed by atoms with van der Waals surface area (Å²) >= 11 is 0. The Hall–Kier alpha value is -3.80. The lowest BCUT2D eigenvalue weighted by Crippen LogP contribution is -2.05. The number of para-hydroxylation sites is 1. The van der Waals surface area contributed by atoms with Crippen LogP contribution in [-0.4, -0.2) is 34.6 Å². The standard InChI is InChI=1S/C27H27NO5/c1-19(29)20-7-6-8-21(17-20)32-15-4-5-16-33-22-11-12-24-23-9-2-3-10-25(23)28(26(24)18-22)14-13-27(30)31/h2-3,6-12,17-18H,4-5,13-16H2,1H3,(H,30,31). The van der Waals surface area contributed by atoms with Gasteiger partial charge in [0, 0.05) is 34.5 Å². The Bertz CT molecular complexity index is 1290. The highest BCUT2D eigenvalue weighted by molar-refractivity contribution is 6.08. The van der Waals surface area contributed by atoms with Crippen molar-refractivity contribution < 1.29 is 24.2 Å². The smallest absolute Gasteiger partial charge is 0.305 e. The highest BCUT2D eigenvalue weighted by atomic mass is 16.5. The quantitative estimate of drug-likeness (QED) is 0.236. The highest BCUT2D eigenvalue weighted by Gasteiger charge is 2.12. The fourth-order valence-electron chi connectivity index (χ4n) is 3.96. The predicted molar refractivity (Wildman–Crippen MR) is 128 cm³/mol. The van der Waals surface area contributed by atoms with Crippen molar-refractivity contribution in [2.24, 2.45) is 0 Å². The number of benzene rings is 3. The number of carbonyl (C=O) groups is 2. The zero-order chi connectivity index (χ0) is 23.2. The van der Waals surface area contributed by atoms with E-state index in [-0.39, 0.29) is 12.2 Å². The van der Waals surface area contributed by atoms with Gasteiger partial charge in [-0.3, -0.25) is 9.59 Å². The minimum Gasteiger partial charge on any atom is -0.494 e. The first-order valence-electron chi connectivity index (χ1n) is 11.1. The Labute approximate surface area is 192 Å². The number of ether oxygens (including phenoxy) is 2. The van der Waals surface area contributed by atoms with Gasteiger partial charge in [0.15, 0.2) is 5.78 Å². The molecule has 0 aliphatic rings. The molecule has 0 bridgehead atoms. The monoisotopic (exact) mass is 445 g/mol. The summed E-state index contributed by atoms with van der Waals surface area (Å²) in [5, 5.41) is 11.3. The van der Waals surface area contributed by atoms with Crippen molar-refractivity contribution in [1.82, 2.24) is 4.57 Å². The molecule has 3 aromatic carbocycles. The normalized spacial score (nSPS) is 11.1. The van der Waals surface area contributed by atoms with Crippen LogP contribution in [0.3, 0.4) is 0 Å². The van der Waals surface area contributed by atoms with E-state index in [9.17, 15) is 9.59 Å². The average molecular weight is 446 g/mol. The maximum Gasteiger partial charge on any atom is 0.305 e. The number of rotatable bonds is 11. The molecule has 0 unspecified atom stereocenters. The minimum atomic E-state index is -0.816. The molecule has 0 radical (unpaired) electrons. The number of ketones is 1. The van der Waals surface area contributed by atoms with Gasteiger partial charge in [-0.05, 0) is 50.1 Å². The maximum atomic E-state index is 11.5. The summed E-state index contributed by atoms with van der Waals surface area (Å²) in [6, 6.07) is 21.2. The second-order valence-electron chi connectivity index (χ2n) is 7.98. The Kier molecular flexibility index (Phi) is 6.93. The number of carboxylic acids is 1. The van der Waals surface area contributed by atoms with E-state index >= 15 is 0 Å². The second-order valence-corrected chi connectivity index (χ2v) is 7.98. The summed E-state index contributed by atoms with van der Waals surface area (Å²) in [7, 11) is 0. The van der Waals surface area contributed by atoms with Gasteiger partial charge in [-0.2, -0.15) is 0 Å². The van der Waals surface area contributed by atoms with E-state index in [1.807, 2.05) is 48.5 Å². The van der Waals surface area contributed by atoms with Crippen LogP contribution in [0.15, 0.2) is 66.7 Å². The van der Waals surface area contributed by atoms with Gasteiger partial charge in [-0.15, -0.1) is 0 Å². The van der Waals surface area contributed by atoms with E-state index in [1.54, 1.807) is 19.1 Å². The van der Waals surface area contributed by atoms with Crippen LogP contribution in [0.1, 0.15) is 36.5 Å². The van der Waals surface area contributed by atoms with Crippen molar-refractivity contribution >= 4 is 33.6 Å². The number of unbranched alkanes of at least 4 members (excludes halogenated alkanes) is 1. The molecule has 0 spiro atoms. The van der Waals surface area contributed by atoms with Crippen LogP contribution in [-0.2, 0) is 11.3 Å². The van der Waals surface area contributed by atoms with Crippen molar-refractivity contribution in [2.75, 3.05) is 13.2 Å². The van der Waals surface area contributed by atoms with E-state index in [0.717, 1.165) is 40.4 Å². The van der Waals surface area contributed by atoms with Gasteiger partial charge in [0.1, 0.15) is 11.5 Å². The van der Waals surface area contributed by atoms with Crippen LogP contribution in [0, 0.1) is 0 Å². The molecule has 0 fully saturated rings. The summed E-state index contributed by atoms with van der Waals surface area (Å²) in [5.74, 6) is 0.664. The lowest BCUT2D eigenvalue weighted by molar-refractivity contribution is -0.137. The molecule has 0 saturated heterocycles. The molecule has 6 heteroatoms. The fraction of sp³-hybridized carbons (Fsp3) is 0.259. The van der Waals surface area contributed by atoms with Crippen LogP contribution in [0.2, 0.25) is 0 Å². The number of Topliss-reactive ketones (excluding diaryl/α,β-unsaturated/α-hetero) is 1. The van der Waals surface area contributed by atoms with Gasteiger partial charge in [0.25, 0.3) is 0 Å². The SMILES string of the molecule is CC(=O)c1cccc(OCCCCOc2ccc3c4ccccc4n(CCC(=O)O)c3c2)c1. The van der Waals surface area contributed by atoms with Crippen molar-refractivity contribution in [3.8, 4) is 11.5 Å². The number of hydrogen-bond acceptors (Lipinski definition) is 4. The number of fused-ring (bicyclic) bond motifs is 3. The van der Waals surface area contributed by atoms with Gasteiger partial charge >= 0.3 is 5.97 Å². The molecule has 0 aliphatic heterocycles. The maximum absolute atomic E-state index is 11.5. The van der Waals surface area contributed by atoms with E-state index in [1.165, 1.54) is 0 Å². The second kappa shape index (κ2) is 10.2. The first-order chi connectivity index (χ1) is 16.0. The van der Waals surface area contributed by atoms with Gasteiger partial charge in [-0.1, -0.05) is 30.3 Å². The van der Waals surface area contributed by atoms with Crippen LogP contribution in [0.25, 0.3) is 21.8 Å². The summed E-state index contributed by atoms with van der Waals surface area (Å²) in [6.45, 7) is 3.05. The molecule has 6 nitrogen and oxygen atoms in total. The third kappa shape index (κ3) is 5.34. The number of aryl methyl sites for hydroxylation is 1. The summed E-state index contributed by atoms with van der Waals surface area (Å²) in [5.41, 5.74) is 2.65. The van der Waals surface area contributed by atoms with Crippen LogP contribution >= 0.6 is 0 Å². The molecule has 0 atom stereocenters. The third-order valence-corrected chi connectivity index (χ3v) is 5.61. The largest absolute Gasteiger partial charge is 0.494 e. The number of hydrogen-bond donors (Lipinski definition) is 1. The zero-order valence-corrected chi connectivity index (χ0v) is 18.6. The van der Waals surface area contributed by atoms with Crippen LogP contribution in [0.4, 0.5) is 0 Å². The molecule has 4 rings (SSSR count). The van der Waals surface area contributed by atoms with Gasteiger partial charge < -0.3 is 19.1 Å². The lowest BCUT2D eigenvalue weighted by atomic mass is 10.1. The topological polar surface area (TPSA) is 77.8 Å². The molecule has 0 amide bonds. The first-order valence-corrected chi connectivity index (χ1v) is 11.1. The molecule has 170 valence electrons. The van der Waals surface area contributed by atoms with Crippen LogP contribution in [0.5, 0.6) is 11.5 Å². The third-order valence-electron chi connectivity index (χ3n) is 5.61. The van der Waals surface area contributed by atoms with Gasteiger partial charge in [0.2, 0.25) is 0 Å². The van der Waals surface area contributed by atoms with Crippen molar-refractivity contribution in [3.63, 3.8) is 0 Å². The van der Waals surface area contributed by atoms with Crippen molar-refractivity contribution in [3.05, 3.63) is 72.3 Å². The number of carbonyl (C=O) groups excluding carboxylic acids is 1. The number of aromatic nitrogens is 1. The zero-order valence-electron chi connectivity index (χ0n) is 18.6. The molecular formula is C27H27NO5. The molecule has 4 aromatic rings. The lowest BCUT2D eigenvalue weighted by Gasteiger charge is -2.10. The van der Waals surface area contributed by atoms with Crippen molar-refractivity contribution in [2.45, 2.75) is 32.7 Å². The summed E-state index contributed by atoms with van der Waals surface area (Å²) < 4.78 is 13.8. The van der Waals surface area contributed by atoms with Gasteiger partial charge in [0.05, 0.1) is 25.2 Å². The summed E-state index contributed by atoms with van der Waals surface area (Å²) in [6.07, 6.45) is 1.71. The molecule has 0 aliphatic carbocycles. The van der Waals surface area contributed by atoms with Crippen molar-refractivity contribution in [1.29, 1.82) is 0 Å². The molecule has 33 heavy (non-hydrogen) atoms. The summed E-state index contributed by atoms with van der Waals surface area (Å²) in [4.78, 5) is 22.6. The highest BCUT2D eigenvalue weighted by Crippen LogP contribution is 2.31. The Morgan fingerprint density at radius 3 is 2.24 bits per heavy atom. The fourth-order valence-corrected chi connectivity index (χ4v) is 3.96. The van der Waals surface area contributed by atoms with E-state index < -0.39 is 5.97 Å². The van der Waals surface area contributed by atoms with E-state index in [0.29, 0.717) is 31.1 Å². The molecule has 0 saturated carbocycles. The Balaban J connectivity index is 1.36.